The predicted octanol–water partition coefficient (Wildman–Crippen LogP) is 3.13. The van der Waals surface area contributed by atoms with Gasteiger partial charge in [-0.1, -0.05) is 36.4 Å². The minimum absolute atomic E-state index is 0.673. The number of hydrogen-bond donors (Lipinski definition) is 2. The molecule has 0 bridgehead atoms. The third kappa shape index (κ3) is 8.17. The van der Waals surface area contributed by atoms with Crippen LogP contribution in [0.1, 0.15) is 30.0 Å². The number of ether oxygens (including phenoxy) is 1. The molecular weight excluding hydrogens is 398 g/mol. The predicted molar refractivity (Wildman–Crippen MR) is 133 cm³/mol. The van der Waals surface area contributed by atoms with Crippen LogP contribution in [0.5, 0.6) is 5.75 Å². The van der Waals surface area contributed by atoms with E-state index in [0.717, 1.165) is 50.9 Å². The van der Waals surface area contributed by atoms with Crippen LogP contribution in [-0.4, -0.2) is 69.2 Å². The van der Waals surface area contributed by atoms with E-state index in [2.05, 4.69) is 70.8 Å². The Bertz CT molecular complexity index is 819. The summed E-state index contributed by atoms with van der Waals surface area (Å²) in [7, 11) is 3.91. The quantitative estimate of drug-likeness (QED) is 0.466. The molecule has 0 saturated carbocycles. The number of likely N-dealkylation sites (N-methyl/N-ethyl adjacent to an activating group) is 1. The zero-order chi connectivity index (χ0) is 22.6. The maximum absolute atomic E-state index is 5.22. The molecule has 0 amide bonds. The first-order valence-corrected chi connectivity index (χ1v) is 11.8. The van der Waals surface area contributed by atoms with E-state index >= 15 is 0 Å². The van der Waals surface area contributed by atoms with Crippen molar-refractivity contribution >= 4 is 5.96 Å². The molecule has 0 unspecified atom stereocenters. The number of benzene rings is 2. The third-order valence-corrected chi connectivity index (χ3v) is 5.87. The summed E-state index contributed by atoms with van der Waals surface area (Å²) in [6, 6.07) is 17.2. The zero-order valence-corrected chi connectivity index (χ0v) is 19.9. The van der Waals surface area contributed by atoms with Crippen LogP contribution in [0, 0.1) is 0 Å². The maximum Gasteiger partial charge on any atom is 0.191 e. The van der Waals surface area contributed by atoms with E-state index in [1.54, 1.807) is 7.11 Å². The van der Waals surface area contributed by atoms with Crippen LogP contribution in [0.3, 0.4) is 0 Å². The Hall–Kier alpha value is -2.57. The van der Waals surface area contributed by atoms with Gasteiger partial charge in [-0.2, -0.15) is 0 Å². The zero-order valence-electron chi connectivity index (χ0n) is 19.9. The summed E-state index contributed by atoms with van der Waals surface area (Å²) in [5.74, 6) is 1.75. The van der Waals surface area contributed by atoms with Crippen LogP contribution >= 0.6 is 0 Å². The van der Waals surface area contributed by atoms with Crippen LogP contribution in [0.25, 0.3) is 0 Å². The molecule has 2 N–H and O–H groups in total. The molecule has 1 aliphatic heterocycles. The first-order valence-electron chi connectivity index (χ1n) is 11.8. The summed E-state index contributed by atoms with van der Waals surface area (Å²) in [5, 5.41) is 6.78. The second-order valence-corrected chi connectivity index (χ2v) is 8.47. The Morgan fingerprint density at radius 1 is 0.906 bits per heavy atom. The number of hydrogen-bond acceptors (Lipinski definition) is 4. The Kier molecular flexibility index (Phi) is 9.85. The van der Waals surface area contributed by atoms with Crippen molar-refractivity contribution in [3.8, 4) is 5.75 Å². The van der Waals surface area contributed by atoms with Gasteiger partial charge in [0.05, 0.1) is 13.7 Å². The highest BCUT2D eigenvalue weighted by atomic mass is 16.5. The molecule has 0 atom stereocenters. The van der Waals surface area contributed by atoms with Crippen molar-refractivity contribution in [2.75, 3.05) is 53.4 Å². The highest BCUT2D eigenvalue weighted by Crippen LogP contribution is 2.12. The maximum atomic E-state index is 5.22. The molecular formula is C26H39N5O. The number of nitrogens with zero attached hydrogens (tertiary/aromatic N) is 3. The van der Waals surface area contributed by atoms with Crippen molar-refractivity contribution < 1.29 is 4.74 Å². The molecule has 174 valence electrons. The first kappa shape index (κ1) is 24.1. The molecule has 3 rings (SSSR count). The van der Waals surface area contributed by atoms with Crippen molar-refractivity contribution in [2.24, 2.45) is 4.99 Å². The second-order valence-electron chi connectivity index (χ2n) is 8.47. The number of rotatable bonds is 9. The van der Waals surface area contributed by atoms with Gasteiger partial charge >= 0.3 is 0 Å². The number of nitrogens with one attached hydrogen (secondary N) is 2. The number of guanidine groups is 1. The lowest BCUT2D eigenvalue weighted by Crippen LogP contribution is -2.38. The van der Waals surface area contributed by atoms with Crippen LogP contribution in [0.4, 0.5) is 0 Å². The smallest absolute Gasteiger partial charge is 0.191 e. The van der Waals surface area contributed by atoms with Gasteiger partial charge in [0, 0.05) is 32.7 Å². The van der Waals surface area contributed by atoms with E-state index in [0.29, 0.717) is 6.54 Å². The van der Waals surface area contributed by atoms with Crippen LogP contribution in [0.2, 0.25) is 0 Å². The Morgan fingerprint density at radius 3 is 2.34 bits per heavy atom. The summed E-state index contributed by atoms with van der Waals surface area (Å²) < 4.78 is 5.22. The van der Waals surface area contributed by atoms with E-state index in [1.807, 2.05) is 12.1 Å². The lowest BCUT2D eigenvalue weighted by Gasteiger charge is -2.20. The third-order valence-electron chi connectivity index (χ3n) is 5.87. The molecule has 0 spiro atoms. The Labute approximate surface area is 193 Å². The normalized spacial score (nSPS) is 15.9. The van der Waals surface area contributed by atoms with Gasteiger partial charge in [0.15, 0.2) is 5.96 Å². The number of methoxy groups -OCH3 is 1. The molecule has 6 nitrogen and oxygen atoms in total. The van der Waals surface area contributed by atoms with E-state index in [-0.39, 0.29) is 0 Å². The summed E-state index contributed by atoms with van der Waals surface area (Å²) in [6.45, 7) is 10.2. The van der Waals surface area contributed by atoms with E-state index < -0.39 is 0 Å². The Balaban J connectivity index is 1.47. The van der Waals surface area contributed by atoms with Crippen LogP contribution in [-0.2, 0) is 19.5 Å². The molecule has 1 aliphatic rings. The van der Waals surface area contributed by atoms with E-state index in [4.69, 9.17) is 9.73 Å². The highest BCUT2D eigenvalue weighted by Gasteiger charge is 2.12. The van der Waals surface area contributed by atoms with E-state index in [9.17, 15) is 0 Å². The van der Waals surface area contributed by atoms with E-state index in [1.165, 1.54) is 36.2 Å². The van der Waals surface area contributed by atoms with Gasteiger partial charge in [-0.05, 0) is 68.7 Å². The summed E-state index contributed by atoms with van der Waals surface area (Å²) >= 11 is 0. The minimum Gasteiger partial charge on any atom is -0.497 e. The van der Waals surface area contributed by atoms with Crippen LogP contribution in [0.15, 0.2) is 53.5 Å². The van der Waals surface area contributed by atoms with Gasteiger partial charge in [0.2, 0.25) is 0 Å². The fourth-order valence-electron chi connectivity index (χ4n) is 3.90. The van der Waals surface area contributed by atoms with Gasteiger partial charge in [-0.15, -0.1) is 0 Å². The standard InChI is InChI=1S/C26H39N5O/c1-4-27-26(28-15-14-22-10-12-25(32-3)13-11-22)29-20-23-6-8-24(9-7-23)21-31-17-5-16-30(2)18-19-31/h6-13H,4-5,14-21H2,1-3H3,(H2,27,28,29). The van der Waals surface area contributed by atoms with Crippen LogP contribution < -0.4 is 15.4 Å². The molecule has 0 radical (unpaired) electrons. The average Bonchev–Trinajstić information content (AvgIpc) is 3.02. The van der Waals surface area contributed by atoms with Gasteiger partial charge in [-0.3, -0.25) is 4.90 Å². The summed E-state index contributed by atoms with van der Waals surface area (Å²) in [4.78, 5) is 9.75. The second kappa shape index (κ2) is 13.1. The first-order chi connectivity index (χ1) is 15.7. The average molecular weight is 438 g/mol. The SMILES string of the molecule is CCNC(=NCc1ccc(CN2CCCN(C)CC2)cc1)NCCc1ccc(OC)cc1. The Morgan fingerprint density at radius 2 is 1.62 bits per heavy atom. The fraction of sp³-hybridized carbons (Fsp3) is 0.500. The van der Waals surface area contributed by atoms with Gasteiger partial charge < -0.3 is 20.3 Å². The van der Waals surface area contributed by atoms with Gasteiger partial charge in [0.25, 0.3) is 0 Å². The molecule has 0 aromatic heterocycles. The molecule has 6 heteroatoms. The molecule has 32 heavy (non-hydrogen) atoms. The minimum atomic E-state index is 0.673. The fourth-order valence-corrected chi connectivity index (χ4v) is 3.90. The monoisotopic (exact) mass is 437 g/mol. The van der Waals surface area contributed by atoms with Crippen molar-refractivity contribution in [3.05, 3.63) is 65.2 Å². The molecule has 1 fully saturated rings. The summed E-state index contributed by atoms with van der Waals surface area (Å²) in [5.41, 5.74) is 3.89. The molecule has 0 aliphatic carbocycles. The lowest BCUT2D eigenvalue weighted by molar-refractivity contribution is 0.269. The van der Waals surface area contributed by atoms with Crippen molar-refractivity contribution in [1.29, 1.82) is 0 Å². The van der Waals surface area contributed by atoms with Crippen molar-refractivity contribution in [2.45, 2.75) is 32.9 Å². The highest BCUT2D eigenvalue weighted by molar-refractivity contribution is 5.79. The van der Waals surface area contributed by atoms with Gasteiger partial charge in [-0.25, -0.2) is 4.99 Å². The molecule has 1 heterocycles. The largest absolute Gasteiger partial charge is 0.497 e. The topological polar surface area (TPSA) is 52.1 Å². The van der Waals surface area contributed by atoms with Crippen molar-refractivity contribution in [1.82, 2.24) is 20.4 Å². The lowest BCUT2D eigenvalue weighted by atomic mass is 10.1. The molecule has 1 saturated heterocycles. The van der Waals surface area contributed by atoms with Gasteiger partial charge in [0.1, 0.15) is 5.75 Å². The summed E-state index contributed by atoms with van der Waals surface area (Å²) in [6.07, 6.45) is 2.19. The number of aliphatic imine (C=N–C) groups is 1. The molecule has 2 aromatic rings. The molecule has 2 aromatic carbocycles. The van der Waals surface area contributed by atoms with Crippen molar-refractivity contribution in [3.63, 3.8) is 0 Å².